The van der Waals surface area contributed by atoms with Crippen molar-refractivity contribution in [2.45, 2.75) is 111 Å². The number of ether oxygens (including phenoxy) is 1. The number of nitrogens with zero attached hydrogens (tertiary/aromatic N) is 1. The van der Waals surface area contributed by atoms with Crippen LogP contribution in [0.15, 0.2) is 48.1 Å². The Balaban J connectivity index is -0.000000721. The lowest BCUT2D eigenvalue weighted by Gasteiger charge is -2.14. The van der Waals surface area contributed by atoms with Crippen LogP contribution in [0.25, 0.3) is 0 Å². The number of allylic oxidation sites excluding steroid dienone is 1. The van der Waals surface area contributed by atoms with Gasteiger partial charge in [-0.05, 0) is 46.7 Å². The summed E-state index contributed by atoms with van der Waals surface area (Å²) in [6, 6.07) is 0. The first kappa shape index (κ1) is 46.2. The fourth-order valence-electron chi connectivity index (χ4n) is 3.80. The Morgan fingerprint density at radius 1 is 0.778 bits per heavy atom. The van der Waals surface area contributed by atoms with Gasteiger partial charge in [-0.2, -0.15) is 0 Å². The van der Waals surface area contributed by atoms with Crippen LogP contribution in [0.2, 0.25) is 0 Å². The van der Waals surface area contributed by atoms with E-state index in [2.05, 4.69) is 26.7 Å². The van der Waals surface area contributed by atoms with Gasteiger partial charge in [0.05, 0.1) is 0 Å². The van der Waals surface area contributed by atoms with Gasteiger partial charge in [-0.25, -0.2) is 19.2 Å². The van der Waals surface area contributed by atoms with Crippen molar-refractivity contribution in [1.29, 1.82) is 0 Å². The number of hydrogen-bond donors (Lipinski definition) is 4. The van der Waals surface area contributed by atoms with E-state index in [1.165, 1.54) is 44.9 Å². The molecule has 0 aromatic rings. The van der Waals surface area contributed by atoms with Crippen LogP contribution < -0.4 is 0 Å². The van der Waals surface area contributed by atoms with E-state index < -0.39 is 23.8 Å². The average Bonchev–Trinajstić information content (AvgIpc) is 2.98. The Morgan fingerprint density at radius 3 is 1.67 bits per heavy atom. The summed E-state index contributed by atoms with van der Waals surface area (Å²) >= 11 is 0. The van der Waals surface area contributed by atoms with Crippen LogP contribution in [-0.4, -0.2) is 83.1 Å². The van der Waals surface area contributed by atoms with Crippen molar-refractivity contribution in [3.05, 3.63) is 48.1 Å². The molecule has 0 aliphatic carbocycles. The van der Waals surface area contributed by atoms with Gasteiger partial charge in [-0.3, -0.25) is 0 Å². The van der Waals surface area contributed by atoms with Crippen LogP contribution in [0.5, 0.6) is 0 Å². The minimum atomic E-state index is -1.05. The van der Waals surface area contributed by atoms with Crippen molar-refractivity contribution in [2.75, 3.05) is 33.9 Å². The molecule has 0 saturated carbocycles. The summed E-state index contributed by atoms with van der Waals surface area (Å²) in [5.41, 5.74) is 0.954. The number of carboxylic acids is 3. The fourth-order valence-corrected chi connectivity index (χ4v) is 3.80. The Kier molecular flexibility index (Phi) is 31.6. The number of aliphatic hydroxyl groups excluding tert-OH is 1. The highest BCUT2D eigenvalue weighted by Gasteiger charge is 2.18. The van der Waals surface area contributed by atoms with Gasteiger partial charge in [0, 0.05) is 41.4 Å². The quantitative estimate of drug-likeness (QED) is 0.0489. The number of esters is 1. The molecule has 0 aromatic heterocycles. The summed E-state index contributed by atoms with van der Waals surface area (Å²) < 4.78 is 4.83. The third-order valence-electron chi connectivity index (χ3n) is 6.71. The first-order chi connectivity index (χ1) is 21.2. The van der Waals surface area contributed by atoms with Crippen molar-refractivity contribution in [1.82, 2.24) is 4.90 Å². The summed E-state index contributed by atoms with van der Waals surface area (Å²) in [5, 5.41) is 34.8. The van der Waals surface area contributed by atoms with Crippen molar-refractivity contribution in [3.8, 4) is 0 Å². The summed E-state index contributed by atoms with van der Waals surface area (Å²) in [5.74, 6) is -3.71. The number of carboxylic acid groups (broad SMARTS) is 3. The topological polar surface area (TPSA) is 162 Å². The Bertz CT molecular complexity index is 922. The molecule has 0 aliphatic heterocycles. The molecule has 1 unspecified atom stereocenters. The molecule has 0 bridgehead atoms. The maximum atomic E-state index is 11.2. The van der Waals surface area contributed by atoms with Gasteiger partial charge in [0.15, 0.2) is 0 Å². The molecule has 10 heteroatoms. The molecule has 45 heavy (non-hydrogen) atoms. The van der Waals surface area contributed by atoms with Crippen molar-refractivity contribution >= 4 is 23.9 Å². The summed E-state index contributed by atoms with van der Waals surface area (Å²) in [7, 11) is 3.85. The second-order valence-corrected chi connectivity index (χ2v) is 11.2. The van der Waals surface area contributed by atoms with Crippen LogP contribution in [-0.2, 0) is 23.9 Å². The Morgan fingerprint density at radius 2 is 1.29 bits per heavy atom. The monoisotopic (exact) mass is 639 g/mol. The molecule has 1 atom stereocenters. The van der Waals surface area contributed by atoms with E-state index in [9.17, 15) is 19.2 Å². The van der Waals surface area contributed by atoms with Gasteiger partial charge in [-0.15, -0.1) is 0 Å². The van der Waals surface area contributed by atoms with Gasteiger partial charge < -0.3 is 30.1 Å². The smallest absolute Gasteiger partial charge is 0.333 e. The van der Waals surface area contributed by atoms with Crippen LogP contribution in [0.1, 0.15) is 111 Å². The van der Waals surface area contributed by atoms with Crippen LogP contribution in [0, 0.1) is 5.92 Å². The molecule has 0 radical (unpaired) electrons. The average molecular weight is 640 g/mol. The van der Waals surface area contributed by atoms with E-state index in [1.807, 2.05) is 19.0 Å². The standard InChI is InChI=1S/C21H36O4.C8H15NO2.C6H10O3/c1-4-6-7-8-9-10-11-12-13-14-15-19(17(3)20(22)23)16-18(5-2)21(24)25;1-7(2)8(10)11-6-5-9(3)4;1-5(6(8)9)3-2-4-7/h16,19H,3-15H2,1-2H3,(H,22,23)(H,24,25);1,5-6H2,2-4H3;7H,1-4H2,(H,8,9). The van der Waals surface area contributed by atoms with Crippen molar-refractivity contribution < 1.29 is 44.3 Å². The van der Waals surface area contributed by atoms with Gasteiger partial charge in [-0.1, -0.05) is 104 Å². The zero-order valence-corrected chi connectivity index (χ0v) is 28.6. The van der Waals surface area contributed by atoms with E-state index >= 15 is 0 Å². The number of aliphatic carboxylic acids is 3. The highest BCUT2D eigenvalue weighted by atomic mass is 16.5. The number of hydrogen-bond acceptors (Lipinski definition) is 7. The molecule has 0 heterocycles. The predicted molar refractivity (Wildman–Crippen MR) is 180 cm³/mol. The van der Waals surface area contributed by atoms with E-state index in [-0.39, 0.29) is 29.3 Å². The minimum Gasteiger partial charge on any atom is -0.478 e. The summed E-state index contributed by atoms with van der Waals surface area (Å²) in [6.07, 6.45) is 15.6. The lowest BCUT2D eigenvalue weighted by Crippen LogP contribution is -2.20. The van der Waals surface area contributed by atoms with E-state index in [0.717, 1.165) is 25.8 Å². The van der Waals surface area contributed by atoms with Gasteiger partial charge >= 0.3 is 23.9 Å². The molecule has 4 N–H and O–H groups in total. The van der Waals surface area contributed by atoms with E-state index in [4.69, 9.17) is 25.2 Å². The number of rotatable bonds is 24. The Hall–Kier alpha value is -3.24. The molecule has 0 rings (SSSR count). The second kappa shape index (κ2) is 30.8. The van der Waals surface area contributed by atoms with Gasteiger partial charge in [0.25, 0.3) is 0 Å². The van der Waals surface area contributed by atoms with Crippen molar-refractivity contribution in [2.24, 2.45) is 5.92 Å². The summed E-state index contributed by atoms with van der Waals surface area (Å²) in [4.78, 5) is 45.1. The van der Waals surface area contributed by atoms with E-state index in [0.29, 0.717) is 37.9 Å². The first-order valence-electron chi connectivity index (χ1n) is 16.0. The minimum absolute atomic E-state index is 0.0201. The normalized spacial score (nSPS) is 11.3. The van der Waals surface area contributed by atoms with Crippen LogP contribution in [0.4, 0.5) is 0 Å². The lowest BCUT2D eigenvalue weighted by atomic mass is 9.91. The molecule has 0 spiro atoms. The molecule has 0 fully saturated rings. The maximum Gasteiger partial charge on any atom is 0.333 e. The molecule has 0 saturated heterocycles. The molecule has 10 nitrogen and oxygen atoms in total. The molecule has 0 aliphatic rings. The van der Waals surface area contributed by atoms with E-state index in [1.54, 1.807) is 19.9 Å². The Labute approximate surface area is 271 Å². The first-order valence-corrected chi connectivity index (χ1v) is 16.0. The number of likely N-dealkylation sites (N-methyl/N-ethyl adjacent to an activating group) is 1. The highest BCUT2D eigenvalue weighted by Crippen LogP contribution is 2.23. The zero-order chi connectivity index (χ0) is 35.2. The fraction of sp³-hybridized carbons (Fsp3) is 0.657. The zero-order valence-electron chi connectivity index (χ0n) is 28.6. The number of carbonyl (C=O) groups is 4. The molecular weight excluding hydrogens is 578 g/mol. The summed E-state index contributed by atoms with van der Waals surface area (Å²) in [6.45, 7) is 17.2. The molecular formula is C35H61NO9. The highest BCUT2D eigenvalue weighted by molar-refractivity contribution is 5.89. The molecule has 260 valence electrons. The lowest BCUT2D eigenvalue weighted by molar-refractivity contribution is -0.139. The maximum absolute atomic E-state index is 11.2. The molecule has 0 amide bonds. The largest absolute Gasteiger partial charge is 0.478 e. The van der Waals surface area contributed by atoms with Crippen LogP contribution in [0.3, 0.4) is 0 Å². The van der Waals surface area contributed by atoms with Gasteiger partial charge in [0.2, 0.25) is 0 Å². The van der Waals surface area contributed by atoms with Crippen molar-refractivity contribution in [3.63, 3.8) is 0 Å². The van der Waals surface area contributed by atoms with Gasteiger partial charge in [0.1, 0.15) is 6.61 Å². The van der Waals surface area contributed by atoms with Crippen LogP contribution >= 0.6 is 0 Å². The number of aliphatic hydroxyl groups is 1. The number of carbonyl (C=O) groups excluding carboxylic acids is 1. The SMILES string of the molecule is C=C(C(=O)O)C(C=C(CC)C(=O)O)CCCCCCCCCCCC.C=C(C)C(=O)OCCN(C)C.C=C(CCCO)C(=O)O. The molecule has 0 aromatic carbocycles. The number of unbranched alkanes of at least 4 members (excludes halogenated alkanes) is 9. The second-order valence-electron chi connectivity index (χ2n) is 11.2. The predicted octanol–water partition coefficient (Wildman–Crippen LogP) is 7.04. The third-order valence-corrected chi connectivity index (χ3v) is 6.71. The third kappa shape index (κ3) is 30.6.